The minimum atomic E-state index is -0.622. The van der Waals surface area contributed by atoms with Gasteiger partial charge in [-0.2, -0.15) is 11.8 Å². The van der Waals surface area contributed by atoms with Gasteiger partial charge in [0.15, 0.2) is 0 Å². The molecule has 1 spiro atoms. The number of rotatable bonds is 6. The summed E-state index contributed by atoms with van der Waals surface area (Å²) in [6, 6.07) is -0.222. The average Bonchev–Trinajstić information content (AvgIpc) is 2.90. The summed E-state index contributed by atoms with van der Waals surface area (Å²) in [5, 5.41) is 2.93. The molecule has 3 amide bonds. The van der Waals surface area contributed by atoms with E-state index >= 15 is 0 Å². The zero-order valence-corrected chi connectivity index (χ0v) is 14.3. The van der Waals surface area contributed by atoms with Gasteiger partial charge >= 0.3 is 6.03 Å². The van der Waals surface area contributed by atoms with Gasteiger partial charge in [-0.15, -0.1) is 0 Å². The minimum absolute atomic E-state index is 0.0324. The van der Waals surface area contributed by atoms with Crippen LogP contribution in [0.15, 0.2) is 0 Å². The van der Waals surface area contributed by atoms with E-state index in [2.05, 4.69) is 37.9 Å². The first-order chi connectivity index (χ1) is 9.84. The second kappa shape index (κ2) is 6.57. The van der Waals surface area contributed by atoms with E-state index in [9.17, 15) is 9.59 Å². The molecule has 0 aliphatic carbocycles. The van der Waals surface area contributed by atoms with Crippen molar-refractivity contribution in [2.45, 2.75) is 39.7 Å². The van der Waals surface area contributed by atoms with Gasteiger partial charge in [0.2, 0.25) is 0 Å². The number of thioether (sulfide) groups is 1. The van der Waals surface area contributed by atoms with Crippen LogP contribution in [0.5, 0.6) is 0 Å². The van der Waals surface area contributed by atoms with Crippen molar-refractivity contribution in [3.8, 4) is 0 Å². The molecule has 2 fully saturated rings. The summed E-state index contributed by atoms with van der Waals surface area (Å²) in [5.41, 5.74) is -0.622. The van der Waals surface area contributed by atoms with Crippen molar-refractivity contribution in [2.24, 2.45) is 11.8 Å². The van der Waals surface area contributed by atoms with Crippen molar-refractivity contribution < 1.29 is 9.59 Å². The molecule has 0 bridgehead atoms. The monoisotopic (exact) mass is 313 g/mol. The van der Waals surface area contributed by atoms with Crippen molar-refractivity contribution >= 4 is 23.7 Å². The standard InChI is InChI=1S/C15H27N3O2S/c1-11(2)7-17(8-12(3)4)10-18-13(19)15(16-14(18)20)5-6-21-9-15/h11-12H,5-10H2,1-4H3,(H,16,20)/t15-/m0/s1. The Hall–Kier alpha value is -0.750. The Morgan fingerprint density at radius 3 is 2.33 bits per heavy atom. The zero-order chi connectivity index (χ0) is 15.6. The number of nitrogens with zero attached hydrogens (tertiary/aromatic N) is 2. The first-order valence-electron chi connectivity index (χ1n) is 7.78. The van der Waals surface area contributed by atoms with Gasteiger partial charge in [-0.25, -0.2) is 9.69 Å². The molecule has 5 nitrogen and oxygen atoms in total. The fourth-order valence-electron chi connectivity index (χ4n) is 3.06. The van der Waals surface area contributed by atoms with Crippen molar-refractivity contribution in [3.05, 3.63) is 0 Å². The topological polar surface area (TPSA) is 52.6 Å². The van der Waals surface area contributed by atoms with E-state index in [1.165, 1.54) is 4.90 Å². The molecule has 2 saturated heterocycles. The van der Waals surface area contributed by atoms with Crippen LogP contribution < -0.4 is 5.32 Å². The van der Waals surface area contributed by atoms with E-state index in [1.54, 1.807) is 11.8 Å². The smallest absolute Gasteiger partial charge is 0.322 e. The maximum atomic E-state index is 12.6. The van der Waals surface area contributed by atoms with Gasteiger partial charge in [0.25, 0.3) is 5.91 Å². The lowest BCUT2D eigenvalue weighted by Crippen LogP contribution is -2.48. The van der Waals surface area contributed by atoms with Crippen LogP contribution in [0.25, 0.3) is 0 Å². The highest BCUT2D eigenvalue weighted by Crippen LogP contribution is 2.33. The predicted octanol–water partition coefficient (Wildman–Crippen LogP) is 1.99. The van der Waals surface area contributed by atoms with Crippen LogP contribution in [0, 0.1) is 11.8 Å². The van der Waals surface area contributed by atoms with E-state index < -0.39 is 5.54 Å². The molecule has 1 atom stereocenters. The SMILES string of the molecule is CC(C)CN(CC(C)C)CN1C(=O)N[C@]2(CCSC2)C1=O. The largest absolute Gasteiger partial charge is 0.326 e. The summed E-state index contributed by atoms with van der Waals surface area (Å²) in [6.45, 7) is 10.9. The van der Waals surface area contributed by atoms with E-state index in [4.69, 9.17) is 0 Å². The van der Waals surface area contributed by atoms with Gasteiger partial charge < -0.3 is 5.32 Å². The highest BCUT2D eigenvalue weighted by Gasteiger charge is 2.53. The highest BCUT2D eigenvalue weighted by molar-refractivity contribution is 7.99. The van der Waals surface area contributed by atoms with E-state index in [0.29, 0.717) is 24.3 Å². The fourth-order valence-corrected chi connectivity index (χ4v) is 4.39. The van der Waals surface area contributed by atoms with E-state index in [-0.39, 0.29) is 11.9 Å². The van der Waals surface area contributed by atoms with Gasteiger partial charge in [0.05, 0.1) is 6.67 Å². The van der Waals surface area contributed by atoms with Crippen LogP contribution in [-0.2, 0) is 4.79 Å². The Bertz CT molecular complexity index is 396. The maximum absolute atomic E-state index is 12.6. The fraction of sp³-hybridized carbons (Fsp3) is 0.867. The molecule has 0 saturated carbocycles. The third-order valence-corrected chi connectivity index (χ3v) is 5.05. The van der Waals surface area contributed by atoms with Crippen molar-refractivity contribution in [2.75, 3.05) is 31.3 Å². The maximum Gasteiger partial charge on any atom is 0.326 e. The average molecular weight is 313 g/mol. The molecule has 6 heteroatoms. The molecule has 0 unspecified atom stereocenters. The van der Waals surface area contributed by atoms with Gasteiger partial charge in [0.1, 0.15) is 5.54 Å². The number of hydrogen-bond donors (Lipinski definition) is 1. The third-order valence-electron chi connectivity index (χ3n) is 3.86. The van der Waals surface area contributed by atoms with E-state index in [0.717, 1.165) is 25.3 Å². The van der Waals surface area contributed by atoms with Crippen molar-refractivity contribution in [3.63, 3.8) is 0 Å². The molecule has 2 heterocycles. The van der Waals surface area contributed by atoms with Crippen LogP contribution in [-0.4, -0.2) is 58.5 Å². The van der Waals surface area contributed by atoms with Crippen LogP contribution in [0.3, 0.4) is 0 Å². The highest BCUT2D eigenvalue weighted by atomic mass is 32.2. The van der Waals surface area contributed by atoms with E-state index in [1.807, 2.05) is 0 Å². The lowest BCUT2D eigenvalue weighted by molar-refractivity contribution is -0.132. The second-order valence-electron chi connectivity index (χ2n) is 7.01. The molecule has 2 aliphatic rings. The van der Waals surface area contributed by atoms with Crippen LogP contribution >= 0.6 is 11.8 Å². The van der Waals surface area contributed by atoms with Gasteiger partial charge in [-0.05, 0) is 24.0 Å². The molecule has 0 aromatic carbocycles. The predicted molar refractivity (Wildman–Crippen MR) is 86.2 cm³/mol. The third kappa shape index (κ3) is 3.72. The van der Waals surface area contributed by atoms with Gasteiger partial charge in [-0.3, -0.25) is 9.69 Å². The lowest BCUT2D eigenvalue weighted by atomic mass is 9.99. The van der Waals surface area contributed by atoms with Gasteiger partial charge in [0, 0.05) is 18.8 Å². The molecular weight excluding hydrogens is 286 g/mol. The summed E-state index contributed by atoms with van der Waals surface area (Å²) in [7, 11) is 0. The number of amides is 3. The molecule has 21 heavy (non-hydrogen) atoms. The first-order valence-corrected chi connectivity index (χ1v) is 8.94. The second-order valence-corrected chi connectivity index (χ2v) is 8.12. The van der Waals surface area contributed by atoms with Gasteiger partial charge in [-0.1, -0.05) is 27.7 Å². The summed E-state index contributed by atoms with van der Waals surface area (Å²) in [6.07, 6.45) is 0.757. The number of carbonyl (C=O) groups is 2. The quantitative estimate of drug-likeness (QED) is 0.762. The Labute approximate surface area is 131 Å². The number of carbonyl (C=O) groups excluding carboxylic acids is 2. The Morgan fingerprint density at radius 1 is 1.24 bits per heavy atom. The number of nitrogens with one attached hydrogen (secondary N) is 1. The minimum Gasteiger partial charge on any atom is -0.322 e. The van der Waals surface area contributed by atoms with Crippen LogP contribution in [0.1, 0.15) is 34.1 Å². The number of hydrogen-bond acceptors (Lipinski definition) is 4. The lowest BCUT2D eigenvalue weighted by Gasteiger charge is -2.29. The molecule has 2 rings (SSSR count). The molecule has 2 aliphatic heterocycles. The molecule has 0 aromatic heterocycles. The molecule has 0 aromatic rings. The normalized spacial score (nSPS) is 26.0. The molecule has 1 N–H and O–H groups in total. The molecular formula is C15H27N3O2S. The number of imide groups is 1. The Morgan fingerprint density at radius 2 is 1.86 bits per heavy atom. The summed E-state index contributed by atoms with van der Waals surface area (Å²) in [5.74, 6) is 2.65. The Kier molecular flexibility index (Phi) is 5.20. The summed E-state index contributed by atoms with van der Waals surface area (Å²) in [4.78, 5) is 28.5. The Balaban J connectivity index is 2.05. The van der Waals surface area contributed by atoms with Crippen molar-refractivity contribution in [1.82, 2.24) is 15.1 Å². The number of urea groups is 1. The summed E-state index contributed by atoms with van der Waals surface area (Å²) >= 11 is 1.74. The molecule has 0 radical (unpaired) electrons. The van der Waals surface area contributed by atoms with Crippen LogP contribution in [0.2, 0.25) is 0 Å². The molecule has 120 valence electrons. The zero-order valence-electron chi connectivity index (χ0n) is 13.5. The van der Waals surface area contributed by atoms with Crippen molar-refractivity contribution in [1.29, 1.82) is 0 Å². The summed E-state index contributed by atoms with van der Waals surface area (Å²) < 4.78 is 0. The first kappa shape index (κ1) is 16.6. The van der Waals surface area contributed by atoms with Crippen LogP contribution in [0.4, 0.5) is 4.79 Å².